The number of anilines is 2. The number of hydrogen-bond donors (Lipinski definition) is 1. The summed E-state index contributed by atoms with van der Waals surface area (Å²) in [6, 6.07) is 15.0. The molecule has 2 aromatic carbocycles. The number of esters is 1. The van der Waals surface area contributed by atoms with Crippen LogP contribution < -0.4 is 14.8 Å². The Morgan fingerprint density at radius 3 is 2.61 bits per heavy atom. The Morgan fingerprint density at radius 1 is 1.06 bits per heavy atom. The quantitative estimate of drug-likeness (QED) is 0.404. The van der Waals surface area contributed by atoms with Crippen LogP contribution in [0.1, 0.15) is 20.8 Å². The third kappa shape index (κ3) is 4.29. The molecule has 0 bridgehead atoms. The summed E-state index contributed by atoms with van der Waals surface area (Å²) in [5.74, 6) is 1.51. The maximum absolute atomic E-state index is 12.7. The van der Waals surface area contributed by atoms with Gasteiger partial charge in [-0.2, -0.15) is 0 Å². The van der Waals surface area contributed by atoms with Crippen LogP contribution in [-0.2, 0) is 11.3 Å². The summed E-state index contributed by atoms with van der Waals surface area (Å²) in [7, 11) is 3.19. The van der Waals surface area contributed by atoms with Gasteiger partial charge in [-0.3, -0.25) is 0 Å². The Kier molecular flexibility index (Phi) is 5.99. The molecule has 0 radical (unpaired) electrons. The van der Waals surface area contributed by atoms with Crippen molar-refractivity contribution in [3.05, 3.63) is 70.9 Å². The van der Waals surface area contributed by atoms with Crippen LogP contribution in [-0.4, -0.2) is 30.2 Å². The number of aryl methyl sites for hydroxylation is 1. The first-order valence-electron chi connectivity index (χ1n) is 9.55. The minimum absolute atomic E-state index is 0.215. The van der Waals surface area contributed by atoms with Crippen molar-refractivity contribution in [3.63, 3.8) is 0 Å². The lowest BCUT2D eigenvalue weighted by Gasteiger charge is -2.12. The maximum Gasteiger partial charge on any atom is 0.349 e. The highest BCUT2D eigenvalue weighted by Gasteiger charge is 2.21. The Morgan fingerprint density at radius 2 is 1.87 bits per heavy atom. The van der Waals surface area contributed by atoms with Gasteiger partial charge < -0.3 is 19.5 Å². The third-order valence-electron chi connectivity index (χ3n) is 4.79. The van der Waals surface area contributed by atoms with Crippen molar-refractivity contribution in [1.82, 2.24) is 9.97 Å². The first kappa shape index (κ1) is 20.6. The van der Waals surface area contributed by atoms with E-state index in [2.05, 4.69) is 15.3 Å². The molecule has 2 heterocycles. The van der Waals surface area contributed by atoms with E-state index in [0.717, 1.165) is 22.2 Å². The number of carbonyl (C=O) groups excluding carboxylic acids is 1. The molecule has 0 saturated heterocycles. The van der Waals surface area contributed by atoms with E-state index in [1.165, 1.54) is 17.7 Å². The standard InChI is InChI=1S/C23H21N3O4S/c1-14-19-21(26-17-10-9-16(28-2)11-18(17)29-3)24-13-25-22(19)31-20(14)23(27)30-12-15-7-5-4-6-8-15/h4-11,13H,12H2,1-3H3,(H,24,25,26). The molecule has 158 valence electrons. The predicted octanol–water partition coefficient (Wildman–Crippen LogP) is 5.12. The molecular formula is C23H21N3O4S. The van der Waals surface area contributed by atoms with E-state index < -0.39 is 0 Å². The highest BCUT2D eigenvalue weighted by molar-refractivity contribution is 7.20. The SMILES string of the molecule is COc1ccc(Nc2ncnc3sc(C(=O)OCc4ccccc4)c(C)c23)c(OC)c1. The molecule has 0 aliphatic heterocycles. The van der Waals surface area contributed by atoms with Crippen molar-refractivity contribution in [2.75, 3.05) is 19.5 Å². The van der Waals surface area contributed by atoms with Gasteiger partial charge in [0, 0.05) is 6.07 Å². The topological polar surface area (TPSA) is 82.6 Å². The van der Waals surface area contributed by atoms with Gasteiger partial charge in [0.2, 0.25) is 0 Å². The zero-order valence-corrected chi connectivity index (χ0v) is 18.2. The van der Waals surface area contributed by atoms with Crippen molar-refractivity contribution >= 4 is 39.0 Å². The first-order valence-corrected chi connectivity index (χ1v) is 10.4. The van der Waals surface area contributed by atoms with Gasteiger partial charge in [-0.1, -0.05) is 30.3 Å². The summed E-state index contributed by atoms with van der Waals surface area (Å²) in [6.07, 6.45) is 1.47. The molecule has 4 rings (SSSR count). The number of hydrogen-bond acceptors (Lipinski definition) is 8. The molecule has 0 aliphatic rings. The van der Waals surface area contributed by atoms with Crippen LogP contribution in [0.4, 0.5) is 11.5 Å². The normalized spacial score (nSPS) is 10.7. The number of fused-ring (bicyclic) bond motifs is 1. The van der Waals surface area contributed by atoms with Gasteiger partial charge in [0.25, 0.3) is 0 Å². The molecule has 0 atom stereocenters. The number of rotatable bonds is 7. The number of methoxy groups -OCH3 is 2. The molecule has 31 heavy (non-hydrogen) atoms. The molecule has 0 spiro atoms. The maximum atomic E-state index is 12.7. The largest absolute Gasteiger partial charge is 0.497 e. The van der Waals surface area contributed by atoms with E-state index in [0.29, 0.717) is 27.0 Å². The molecule has 1 N–H and O–H groups in total. The zero-order chi connectivity index (χ0) is 21.8. The molecule has 2 aromatic heterocycles. The van der Waals surface area contributed by atoms with Gasteiger partial charge in [0.05, 0.1) is 25.3 Å². The number of ether oxygens (including phenoxy) is 3. The van der Waals surface area contributed by atoms with Gasteiger partial charge in [0.15, 0.2) is 0 Å². The van der Waals surface area contributed by atoms with Gasteiger partial charge in [-0.15, -0.1) is 11.3 Å². The lowest BCUT2D eigenvalue weighted by Crippen LogP contribution is -2.04. The molecule has 0 aliphatic carbocycles. The van der Waals surface area contributed by atoms with Crippen LogP contribution >= 0.6 is 11.3 Å². The smallest absolute Gasteiger partial charge is 0.349 e. The van der Waals surface area contributed by atoms with E-state index in [1.807, 2.05) is 49.4 Å². The summed E-state index contributed by atoms with van der Waals surface area (Å²) in [6.45, 7) is 2.09. The Balaban J connectivity index is 1.63. The molecule has 0 saturated carbocycles. The summed E-state index contributed by atoms with van der Waals surface area (Å²) >= 11 is 1.29. The highest BCUT2D eigenvalue weighted by Crippen LogP contribution is 2.37. The molecule has 0 unspecified atom stereocenters. The molecule has 0 amide bonds. The van der Waals surface area contributed by atoms with Crippen LogP contribution in [0.15, 0.2) is 54.9 Å². The highest BCUT2D eigenvalue weighted by atomic mass is 32.1. The Hall–Kier alpha value is -3.65. The minimum Gasteiger partial charge on any atom is -0.497 e. The minimum atomic E-state index is -0.377. The lowest BCUT2D eigenvalue weighted by molar-refractivity contribution is 0.0478. The van der Waals surface area contributed by atoms with Crippen LogP contribution in [0.5, 0.6) is 11.5 Å². The number of thiophene rings is 1. The fraction of sp³-hybridized carbons (Fsp3) is 0.174. The molecule has 0 fully saturated rings. The van der Waals surface area contributed by atoms with Crippen LogP contribution in [0.25, 0.3) is 10.2 Å². The number of benzene rings is 2. The van der Waals surface area contributed by atoms with Gasteiger partial charge in [-0.25, -0.2) is 14.8 Å². The number of carbonyl (C=O) groups is 1. The average molecular weight is 436 g/mol. The number of nitrogens with zero attached hydrogens (tertiary/aromatic N) is 2. The van der Waals surface area contributed by atoms with Crippen molar-refractivity contribution in [2.24, 2.45) is 0 Å². The van der Waals surface area contributed by atoms with E-state index in [9.17, 15) is 4.79 Å². The van der Waals surface area contributed by atoms with Crippen molar-refractivity contribution in [1.29, 1.82) is 0 Å². The lowest BCUT2D eigenvalue weighted by atomic mass is 10.2. The van der Waals surface area contributed by atoms with Crippen molar-refractivity contribution in [3.8, 4) is 11.5 Å². The first-order chi connectivity index (χ1) is 15.1. The van der Waals surface area contributed by atoms with Crippen LogP contribution in [0.2, 0.25) is 0 Å². The van der Waals surface area contributed by atoms with Crippen LogP contribution in [0.3, 0.4) is 0 Å². The van der Waals surface area contributed by atoms with Gasteiger partial charge in [-0.05, 0) is 30.2 Å². The fourth-order valence-corrected chi connectivity index (χ4v) is 4.22. The van der Waals surface area contributed by atoms with E-state index in [1.54, 1.807) is 20.3 Å². The second kappa shape index (κ2) is 9.01. The third-order valence-corrected chi connectivity index (χ3v) is 5.97. The second-order valence-corrected chi connectivity index (χ2v) is 7.71. The van der Waals surface area contributed by atoms with Crippen molar-refractivity contribution in [2.45, 2.75) is 13.5 Å². The summed E-state index contributed by atoms with van der Waals surface area (Å²) < 4.78 is 16.2. The molecular weight excluding hydrogens is 414 g/mol. The van der Waals surface area contributed by atoms with Crippen LogP contribution in [0, 0.1) is 6.92 Å². The predicted molar refractivity (Wildman–Crippen MR) is 121 cm³/mol. The van der Waals surface area contributed by atoms with E-state index >= 15 is 0 Å². The fourth-order valence-electron chi connectivity index (χ4n) is 3.18. The van der Waals surface area contributed by atoms with Crippen molar-refractivity contribution < 1.29 is 19.0 Å². The van der Waals surface area contributed by atoms with E-state index in [-0.39, 0.29) is 12.6 Å². The monoisotopic (exact) mass is 435 g/mol. The van der Waals surface area contributed by atoms with Gasteiger partial charge >= 0.3 is 5.97 Å². The summed E-state index contributed by atoms with van der Waals surface area (Å²) in [4.78, 5) is 22.7. The Labute approximate surface area is 183 Å². The molecule has 4 aromatic rings. The summed E-state index contributed by atoms with van der Waals surface area (Å²) in [5, 5.41) is 4.07. The average Bonchev–Trinajstić information content (AvgIpc) is 3.16. The van der Waals surface area contributed by atoms with E-state index in [4.69, 9.17) is 14.2 Å². The number of aromatic nitrogens is 2. The number of nitrogens with one attached hydrogen (secondary N) is 1. The zero-order valence-electron chi connectivity index (χ0n) is 17.3. The molecule has 7 nitrogen and oxygen atoms in total. The Bertz CT molecular complexity index is 1220. The van der Waals surface area contributed by atoms with Gasteiger partial charge in [0.1, 0.15) is 40.0 Å². The second-order valence-electron chi connectivity index (χ2n) is 6.71. The molecule has 8 heteroatoms. The summed E-state index contributed by atoms with van der Waals surface area (Å²) in [5.41, 5.74) is 2.43.